The molecule has 0 atom stereocenters. The third-order valence-corrected chi connectivity index (χ3v) is 6.00. The molecule has 0 spiro atoms. The Morgan fingerprint density at radius 3 is 2.28 bits per heavy atom. The summed E-state index contributed by atoms with van der Waals surface area (Å²) in [6.45, 7) is 0. The van der Waals surface area contributed by atoms with Gasteiger partial charge in [0.2, 0.25) is 0 Å². The first-order chi connectivity index (χ1) is 17.4. The second-order valence-electron chi connectivity index (χ2n) is 8.08. The topological polar surface area (TPSA) is 67.7 Å². The maximum atomic E-state index is 13.5. The van der Waals surface area contributed by atoms with Crippen LogP contribution in [0.5, 0.6) is 0 Å². The Kier molecular flexibility index (Phi) is 6.19. The van der Waals surface area contributed by atoms with Gasteiger partial charge in [-0.2, -0.15) is 0 Å². The molecule has 0 aliphatic heterocycles. The highest BCUT2D eigenvalue weighted by atomic mass is 35.5. The predicted octanol–water partition coefficient (Wildman–Crippen LogP) is 6.45. The second kappa shape index (κ2) is 9.60. The standard InChI is InChI=1S/C29H18ClFN2O3/c30-20-11-14-25(24(16-20)27(34)19-6-2-1-3-7-19)32-29(36)28(35)26-23(18-9-12-21(31)13-10-18)17-22-8-4-5-15-33(22)26/h1-17H,(H,32,36). The highest BCUT2D eigenvalue weighted by molar-refractivity contribution is 6.47. The van der Waals surface area contributed by atoms with Gasteiger partial charge in [0.1, 0.15) is 11.5 Å². The zero-order chi connectivity index (χ0) is 25.2. The number of halogens is 2. The first kappa shape index (κ1) is 23.2. The monoisotopic (exact) mass is 496 g/mol. The van der Waals surface area contributed by atoms with Crippen molar-refractivity contribution in [2.45, 2.75) is 0 Å². The van der Waals surface area contributed by atoms with Crippen LogP contribution in [-0.4, -0.2) is 21.9 Å². The molecule has 0 aliphatic rings. The summed E-state index contributed by atoms with van der Waals surface area (Å²) in [6.07, 6.45) is 1.68. The SMILES string of the molecule is O=C(Nc1ccc(Cl)cc1C(=O)c1ccccc1)C(=O)c1c(-c2ccc(F)cc2)cc2ccccn12. The number of aromatic nitrogens is 1. The Labute approximate surface area is 210 Å². The van der Waals surface area contributed by atoms with Gasteiger partial charge in [0, 0.05) is 33.4 Å². The van der Waals surface area contributed by atoms with Crippen molar-refractivity contribution in [3.8, 4) is 11.1 Å². The summed E-state index contributed by atoms with van der Waals surface area (Å²) in [5, 5.41) is 2.90. The molecule has 0 fully saturated rings. The molecule has 2 heterocycles. The van der Waals surface area contributed by atoms with E-state index < -0.39 is 17.5 Å². The summed E-state index contributed by atoms with van der Waals surface area (Å²) < 4.78 is 15.1. The van der Waals surface area contributed by atoms with Gasteiger partial charge in [-0.1, -0.05) is 60.1 Å². The normalized spacial score (nSPS) is 10.8. The molecule has 0 unspecified atom stereocenters. The molecule has 5 nitrogen and oxygen atoms in total. The van der Waals surface area contributed by atoms with Crippen molar-refractivity contribution in [2.24, 2.45) is 0 Å². The van der Waals surface area contributed by atoms with Gasteiger partial charge in [0.25, 0.3) is 11.7 Å². The summed E-state index contributed by atoms with van der Waals surface area (Å²) in [6, 6.07) is 25.8. The van der Waals surface area contributed by atoms with Crippen molar-refractivity contribution in [2.75, 3.05) is 5.32 Å². The molecule has 176 valence electrons. The number of nitrogens with one attached hydrogen (secondary N) is 1. The molecule has 1 amide bonds. The second-order valence-corrected chi connectivity index (χ2v) is 8.51. The predicted molar refractivity (Wildman–Crippen MR) is 137 cm³/mol. The summed E-state index contributed by atoms with van der Waals surface area (Å²) in [5.41, 5.74) is 2.63. The fraction of sp³-hybridized carbons (Fsp3) is 0. The lowest BCUT2D eigenvalue weighted by atomic mass is 10.0. The van der Waals surface area contributed by atoms with Gasteiger partial charge >= 0.3 is 0 Å². The van der Waals surface area contributed by atoms with Gasteiger partial charge in [-0.25, -0.2) is 4.39 Å². The van der Waals surface area contributed by atoms with Crippen molar-refractivity contribution in [1.82, 2.24) is 4.40 Å². The highest BCUT2D eigenvalue weighted by Gasteiger charge is 2.26. The quantitative estimate of drug-likeness (QED) is 0.217. The van der Waals surface area contributed by atoms with Crippen LogP contribution in [0, 0.1) is 5.82 Å². The Balaban J connectivity index is 1.53. The number of hydrogen-bond acceptors (Lipinski definition) is 3. The Morgan fingerprint density at radius 2 is 1.53 bits per heavy atom. The van der Waals surface area contributed by atoms with E-state index in [0.717, 1.165) is 0 Å². The van der Waals surface area contributed by atoms with Crippen molar-refractivity contribution in [3.05, 3.63) is 131 Å². The van der Waals surface area contributed by atoms with Crippen LogP contribution in [-0.2, 0) is 4.79 Å². The number of fused-ring (bicyclic) bond motifs is 1. The fourth-order valence-electron chi connectivity index (χ4n) is 4.05. The zero-order valence-corrected chi connectivity index (χ0v) is 19.5. The largest absolute Gasteiger partial charge is 0.318 e. The van der Waals surface area contributed by atoms with E-state index in [1.54, 1.807) is 71.3 Å². The third kappa shape index (κ3) is 4.42. The molecule has 5 aromatic rings. The average Bonchev–Trinajstić information content (AvgIpc) is 3.29. The Bertz CT molecular complexity index is 1630. The van der Waals surface area contributed by atoms with E-state index in [1.807, 2.05) is 6.07 Å². The lowest BCUT2D eigenvalue weighted by molar-refractivity contribution is -0.112. The molecule has 5 rings (SSSR count). The summed E-state index contributed by atoms with van der Waals surface area (Å²) in [4.78, 5) is 39.8. The van der Waals surface area contributed by atoms with E-state index in [4.69, 9.17) is 11.6 Å². The molecule has 0 bridgehead atoms. The first-order valence-electron chi connectivity index (χ1n) is 11.0. The first-order valence-corrected chi connectivity index (χ1v) is 11.4. The molecule has 0 aliphatic carbocycles. The van der Waals surface area contributed by atoms with E-state index in [0.29, 0.717) is 27.2 Å². The number of carbonyl (C=O) groups excluding carboxylic acids is 3. The molecule has 3 aromatic carbocycles. The van der Waals surface area contributed by atoms with E-state index in [9.17, 15) is 18.8 Å². The lowest BCUT2D eigenvalue weighted by Gasteiger charge is -2.12. The molecule has 1 N–H and O–H groups in total. The van der Waals surface area contributed by atoms with Crippen molar-refractivity contribution >= 4 is 40.3 Å². The lowest BCUT2D eigenvalue weighted by Crippen LogP contribution is -2.25. The van der Waals surface area contributed by atoms with E-state index in [1.165, 1.54) is 30.3 Å². The number of hydrogen-bond donors (Lipinski definition) is 1. The van der Waals surface area contributed by atoms with Gasteiger partial charge < -0.3 is 9.72 Å². The number of anilines is 1. The summed E-state index contributed by atoms with van der Waals surface area (Å²) in [5.74, 6) is -2.49. The third-order valence-electron chi connectivity index (χ3n) is 5.77. The number of ketones is 2. The summed E-state index contributed by atoms with van der Waals surface area (Å²) in [7, 11) is 0. The maximum Gasteiger partial charge on any atom is 0.298 e. The van der Waals surface area contributed by atoms with Crippen molar-refractivity contribution in [3.63, 3.8) is 0 Å². The minimum Gasteiger partial charge on any atom is -0.318 e. The van der Waals surface area contributed by atoms with Crippen LogP contribution in [0.25, 0.3) is 16.6 Å². The molecule has 36 heavy (non-hydrogen) atoms. The van der Waals surface area contributed by atoms with Crippen LogP contribution >= 0.6 is 11.6 Å². The fourth-order valence-corrected chi connectivity index (χ4v) is 4.22. The van der Waals surface area contributed by atoms with Crippen LogP contribution < -0.4 is 5.32 Å². The van der Waals surface area contributed by atoms with Crippen molar-refractivity contribution < 1.29 is 18.8 Å². The molecule has 7 heteroatoms. The number of amides is 1. The van der Waals surface area contributed by atoms with E-state index >= 15 is 0 Å². The zero-order valence-electron chi connectivity index (χ0n) is 18.7. The molecule has 2 aromatic heterocycles. The molecule has 0 saturated heterocycles. The van der Waals surface area contributed by atoms with Gasteiger partial charge in [-0.3, -0.25) is 14.4 Å². The van der Waals surface area contributed by atoms with Crippen LogP contribution in [0.15, 0.2) is 103 Å². The highest BCUT2D eigenvalue weighted by Crippen LogP contribution is 2.29. The van der Waals surface area contributed by atoms with Crippen LogP contribution in [0.4, 0.5) is 10.1 Å². The van der Waals surface area contributed by atoms with Gasteiger partial charge in [-0.05, 0) is 54.1 Å². The van der Waals surface area contributed by atoms with Gasteiger partial charge in [-0.15, -0.1) is 0 Å². The molecule has 0 saturated carbocycles. The minimum absolute atomic E-state index is 0.125. The minimum atomic E-state index is -0.924. The van der Waals surface area contributed by atoms with E-state index in [2.05, 4.69) is 5.32 Å². The van der Waals surface area contributed by atoms with Gasteiger partial charge in [0.15, 0.2) is 5.78 Å². The van der Waals surface area contributed by atoms with Gasteiger partial charge in [0.05, 0.1) is 5.69 Å². The number of rotatable bonds is 6. The molecule has 0 radical (unpaired) electrons. The van der Waals surface area contributed by atoms with Crippen LogP contribution in [0.3, 0.4) is 0 Å². The smallest absolute Gasteiger partial charge is 0.298 e. The number of carbonyl (C=O) groups is 3. The molecular weight excluding hydrogens is 479 g/mol. The number of nitrogens with zero attached hydrogens (tertiary/aromatic N) is 1. The van der Waals surface area contributed by atoms with E-state index in [-0.39, 0.29) is 22.7 Å². The average molecular weight is 497 g/mol. The summed E-state index contributed by atoms with van der Waals surface area (Å²) >= 11 is 6.13. The van der Waals surface area contributed by atoms with Crippen LogP contribution in [0.1, 0.15) is 26.4 Å². The van der Waals surface area contributed by atoms with Crippen LogP contribution in [0.2, 0.25) is 5.02 Å². The Morgan fingerprint density at radius 1 is 0.806 bits per heavy atom. The number of pyridine rings is 1. The van der Waals surface area contributed by atoms with Crippen molar-refractivity contribution in [1.29, 1.82) is 0 Å². The number of benzene rings is 3. The number of Topliss-reactive ketones (excluding diaryl/α,β-unsaturated/α-hetero) is 1. The Hall–Kier alpha value is -4.55. The molecular formula is C29H18ClFN2O3. The maximum absolute atomic E-state index is 13.5.